The highest BCUT2D eigenvalue weighted by Crippen LogP contribution is 1.89. The molecule has 0 rings (SSSR count). The van der Waals surface area contributed by atoms with Crippen LogP contribution in [0.25, 0.3) is 0 Å². The Morgan fingerprint density at radius 1 is 1.44 bits per heavy atom. The van der Waals surface area contributed by atoms with E-state index in [9.17, 15) is 0 Å². The van der Waals surface area contributed by atoms with Crippen LogP contribution in [0.15, 0.2) is 23.1 Å². The standard InChI is InChI=1S/C5H12N4/c1-5-8(3)9(4)7-6-2/h5H,1H2,2-4H3. The maximum atomic E-state index is 3.71. The van der Waals surface area contributed by atoms with Crippen LogP contribution < -0.4 is 0 Å². The lowest BCUT2D eigenvalue weighted by Crippen LogP contribution is -2.26. The van der Waals surface area contributed by atoms with Crippen LogP contribution in [0.1, 0.15) is 0 Å². The summed E-state index contributed by atoms with van der Waals surface area (Å²) in [5.41, 5.74) is 0. The summed E-state index contributed by atoms with van der Waals surface area (Å²) >= 11 is 0. The molecule has 0 saturated heterocycles. The second-order valence-electron chi connectivity index (χ2n) is 1.54. The molecule has 0 saturated carbocycles. The van der Waals surface area contributed by atoms with Crippen molar-refractivity contribution in [3.63, 3.8) is 0 Å². The van der Waals surface area contributed by atoms with Gasteiger partial charge in [0.05, 0.1) is 7.05 Å². The Hall–Kier alpha value is -1.06. The third-order valence-corrected chi connectivity index (χ3v) is 0.940. The van der Waals surface area contributed by atoms with Crippen LogP contribution >= 0.6 is 0 Å². The van der Waals surface area contributed by atoms with E-state index < -0.39 is 0 Å². The highest BCUT2D eigenvalue weighted by molar-refractivity contribution is 4.60. The highest BCUT2D eigenvalue weighted by Gasteiger charge is 1.91. The first-order valence-corrected chi connectivity index (χ1v) is 2.61. The average molecular weight is 128 g/mol. The number of hydrogen-bond donors (Lipinski definition) is 0. The van der Waals surface area contributed by atoms with E-state index >= 15 is 0 Å². The fourth-order valence-corrected chi connectivity index (χ4v) is 0.311. The Balaban J connectivity index is 3.71. The number of hydrogen-bond acceptors (Lipinski definition) is 3. The maximum absolute atomic E-state index is 3.71. The van der Waals surface area contributed by atoms with Crippen LogP contribution in [0, 0.1) is 0 Å². The molecule has 0 aromatic heterocycles. The van der Waals surface area contributed by atoms with Crippen LogP contribution in [0.5, 0.6) is 0 Å². The van der Waals surface area contributed by atoms with Crippen molar-refractivity contribution in [3.05, 3.63) is 12.8 Å². The summed E-state index contributed by atoms with van der Waals surface area (Å²) in [4.78, 5) is 0. The molecule has 4 heteroatoms. The van der Waals surface area contributed by atoms with Gasteiger partial charge in [0.15, 0.2) is 0 Å². The average Bonchev–Trinajstić information content (AvgIpc) is 1.87. The minimum absolute atomic E-state index is 1.58. The predicted octanol–water partition coefficient (Wildman–Crippen LogP) is 0.905. The largest absolute Gasteiger partial charge is 0.280 e. The van der Waals surface area contributed by atoms with Crippen LogP contribution in [0.2, 0.25) is 0 Å². The molecule has 0 amide bonds. The summed E-state index contributed by atoms with van der Waals surface area (Å²) in [5.74, 6) is 0. The normalized spacial score (nSPS) is 9.67. The zero-order chi connectivity index (χ0) is 7.28. The third-order valence-electron chi connectivity index (χ3n) is 0.940. The van der Waals surface area contributed by atoms with Crippen LogP contribution in [0.4, 0.5) is 0 Å². The van der Waals surface area contributed by atoms with E-state index in [1.54, 1.807) is 30.4 Å². The van der Waals surface area contributed by atoms with Gasteiger partial charge in [-0.05, 0) is 0 Å². The molecule has 52 valence electrons. The van der Waals surface area contributed by atoms with E-state index in [0.717, 1.165) is 0 Å². The smallest absolute Gasteiger partial charge is 0.0509 e. The van der Waals surface area contributed by atoms with Crippen molar-refractivity contribution >= 4 is 0 Å². The van der Waals surface area contributed by atoms with E-state index in [-0.39, 0.29) is 0 Å². The summed E-state index contributed by atoms with van der Waals surface area (Å²) in [6.45, 7) is 3.55. The molecule has 4 nitrogen and oxygen atoms in total. The molecule has 0 atom stereocenters. The van der Waals surface area contributed by atoms with Crippen molar-refractivity contribution in [2.24, 2.45) is 10.3 Å². The molecule has 0 aliphatic heterocycles. The van der Waals surface area contributed by atoms with Crippen LogP contribution in [0.3, 0.4) is 0 Å². The summed E-state index contributed by atoms with van der Waals surface area (Å²) in [7, 11) is 5.24. The molecule has 0 aromatic rings. The molecule has 0 aliphatic rings. The fourth-order valence-electron chi connectivity index (χ4n) is 0.311. The molecule has 0 bridgehead atoms. The first kappa shape index (κ1) is 7.94. The quantitative estimate of drug-likeness (QED) is 0.418. The molecule has 0 N–H and O–H groups in total. The van der Waals surface area contributed by atoms with Gasteiger partial charge in [-0.15, -0.1) is 0 Å². The van der Waals surface area contributed by atoms with Crippen molar-refractivity contribution in [1.82, 2.24) is 10.1 Å². The first-order chi connectivity index (χ1) is 4.22. The zero-order valence-corrected chi connectivity index (χ0v) is 6.07. The van der Waals surface area contributed by atoms with Crippen molar-refractivity contribution in [2.45, 2.75) is 0 Å². The SMILES string of the molecule is C=CN(C)N(C)N=NC. The monoisotopic (exact) mass is 128 g/mol. The van der Waals surface area contributed by atoms with Gasteiger partial charge in [0, 0.05) is 20.3 Å². The predicted molar refractivity (Wildman–Crippen MR) is 36.5 cm³/mol. The summed E-state index contributed by atoms with van der Waals surface area (Å²) in [6, 6.07) is 0. The van der Waals surface area contributed by atoms with E-state index in [1.165, 1.54) is 0 Å². The Bertz CT molecular complexity index is 110. The number of rotatable bonds is 3. The molecule has 0 fully saturated rings. The minimum atomic E-state index is 1.58. The minimum Gasteiger partial charge on any atom is -0.280 e. The Kier molecular flexibility index (Phi) is 3.43. The van der Waals surface area contributed by atoms with Crippen LogP contribution in [-0.2, 0) is 0 Å². The van der Waals surface area contributed by atoms with Crippen molar-refractivity contribution in [1.29, 1.82) is 0 Å². The summed E-state index contributed by atoms with van der Waals surface area (Å²) in [5, 5.41) is 10.6. The van der Waals surface area contributed by atoms with Gasteiger partial charge in [0.1, 0.15) is 0 Å². The Labute approximate surface area is 55.4 Å². The van der Waals surface area contributed by atoms with Crippen molar-refractivity contribution in [2.75, 3.05) is 21.1 Å². The first-order valence-electron chi connectivity index (χ1n) is 2.61. The van der Waals surface area contributed by atoms with Crippen molar-refractivity contribution in [3.8, 4) is 0 Å². The van der Waals surface area contributed by atoms with Gasteiger partial charge in [-0.2, -0.15) is 10.2 Å². The van der Waals surface area contributed by atoms with Gasteiger partial charge >= 0.3 is 0 Å². The van der Waals surface area contributed by atoms with E-state index in [2.05, 4.69) is 16.9 Å². The van der Waals surface area contributed by atoms with Crippen molar-refractivity contribution < 1.29 is 0 Å². The molecular formula is C5H12N4. The Morgan fingerprint density at radius 2 is 2.00 bits per heavy atom. The number of nitrogens with zero attached hydrogens (tertiary/aromatic N) is 4. The molecule has 0 radical (unpaired) electrons. The topological polar surface area (TPSA) is 31.2 Å². The maximum Gasteiger partial charge on any atom is 0.0509 e. The van der Waals surface area contributed by atoms with E-state index in [0.29, 0.717) is 0 Å². The molecule has 9 heavy (non-hydrogen) atoms. The van der Waals surface area contributed by atoms with E-state index in [4.69, 9.17) is 0 Å². The van der Waals surface area contributed by atoms with Gasteiger partial charge in [0.2, 0.25) is 0 Å². The van der Waals surface area contributed by atoms with Gasteiger partial charge in [-0.3, -0.25) is 5.01 Å². The number of hydrazine groups is 1. The highest BCUT2D eigenvalue weighted by atomic mass is 15.8. The molecule has 0 spiro atoms. The van der Waals surface area contributed by atoms with E-state index in [1.807, 2.05) is 7.05 Å². The lowest BCUT2D eigenvalue weighted by atomic mass is 10.9. The molecule has 0 aliphatic carbocycles. The Morgan fingerprint density at radius 3 is 2.33 bits per heavy atom. The van der Waals surface area contributed by atoms with Gasteiger partial charge in [-0.1, -0.05) is 11.8 Å². The molecule has 0 aromatic carbocycles. The molecular weight excluding hydrogens is 116 g/mol. The van der Waals surface area contributed by atoms with Crippen LogP contribution in [-0.4, -0.2) is 31.3 Å². The zero-order valence-electron chi connectivity index (χ0n) is 6.07. The second kappa shape index (κ2) is 3.88. The third kappa shape index (κ3) is 2.69. The molecule has 0 unspecified atom stereocenters. The van der Waals surface area contributed by atoms with Gasteiger partial charge < -0.3 is 0 Å². The van der Waals surface area contributed by atoms with Gasteiger partial charge in [0.25, 0.3) is 0 Å². The lowest BCUT2D eigenvalue weighted by molar-refractivity contribution is 0.0737. The van der Waals surface area contributed by atoms with Gasteiger partial charge in [-0.25, -0.2) is 0 Å². The lowest BCUT2D eigenvalue weighted by Gasteiger charge is -2.20. The second-order valence-corrected chi connectivity index (χ2v) is 1.54. The summed E-state index contributed by atoms with van der Waals surface area (Å²) in [6.07, 6.45) is 1.65. The summed E-state index contributed by atoms with van der Waals surface area (Å²) < 4.78 is 0. The molecule has 0 heterocycles. The fraction of sp³-hybridized carbons (Fsp3) is 0.600.